The maximum absolute atomic E-state index is 11.6. The molecular formula is C23H32ClIN4O3. The van der Waals surface area contributed by atoms with E-state index in [1.165, 1.54) is 0 Å². The number of ether oxygens (including phenoxy) is 2. The number of benzene rings is 2. The lowest BCUT2D eigenvalue weighted by molar-refractivity contribution is -0.122. The van der Waals surface area contributed by atoms with Crippen LogP contribution in [0.3, 0.4) is 0 Å². The van der Waals surface area contributed by atoms with Gasteiger partial charge in [0.25, 0.3) is 5.91 Å². The Hall–Kier alpha value is -2.20. The first-order valence-corrected chi connectivity index (χ1v) is 10.8. The second-order valence-corrected chi connectivity index (χ2v) is 7.13. The Morgan fingerprint density at radius 1 is 1.03 bits per heavy atom. The third-order valence-electron chi connectivity index (χ3n) is 4.35. The first kappa shape index (κ1) is 27.8. The molecule has 0 heterocycles. The molecule has 2 aromatic rings. The van der Waals surface area contributed by atoms with Gasteiger partial charge in [0.15, 0.2) is 12.6 Å². The van der Waals surface area contributed by atoms with Crippen molar-refractivity contribution in [2.75, 3.05) is 33.4 Å². The molecule has 0 saturated carbocycles. The van der Waals surface area contributed by atoms with Crippen LogP contribution >= 0.6 is 35.6 Å². The quantitative estimate of drug-likeness (QED) is 0.216. The smallest absolute Gasteiger partial charge is 0.257 e. The number of likely N-dealkylation sites (N-methyl/N-ethyl adjacent to an activating group) is 1. The lowest BCUT2D eigenvalue weighted by Gasteiger charge is -2.12. The Morgan fingerprint density at radius 3 is 2.50 bits per heavy atom. The van der Waals surface area contributed by atoms with Crippen LogP contribution in [0.15, 0.2) is 47.5 Å². The third kappa shape index (κ3) is 9.95. The number of hydrogen-bond acceptors (Lipinski definition) is 4. The second-order valence-electron chi connectivity index (χ2n) is 6.72. The van der Waals surface area contributed by atoms with Gasteiger partial charge in [0.2, 0.25) is 0 Å². The SMILES string of the molecule is CCNC(=O)COc1cccc(CN=C(NCC)NCCc2ccc(OC)cc2Cl)c1.I. The normalized spacial score (nSPS) is 10.7. The summed E-state index contributed by atoms with van der Waals surface area (Å²) in [5.41, 5.74) is 2.03. The van der Waals surface area contributed by atoms with Crippen LogP contribution in [0, 0.1) is 0 Å². The number of carbonyl (C=O) groups excluding carboxylic acids is 1. The minimum atomic E-state index is -0.137. The molecule has 1 amide bonds. The zero-order valence-corrected chi connectivity index (χ0v) is 21.8. The van der Waals surface area contributed by atoms with Crippen LogP contribution in [0.5, 0.6) is 11.5 Å². The van der Waals surface area contributed by atoms with Gasteiger partial charge in [0.1, 0.15) is 11.5 Å². The van der Waals surface area contributed by atoms with E-state index in [4.69, 9.17) is 21.1 Å². The highest BCUT2D eigenvalue weighted by atomic mass is 127. The van der Waals surface area contributed by atoms with Gasteiger partial charge in [0.05, 0.1) is 13.7 Å². The lowest BCUT2D eigenvalue weighted by Crippen LogP contribution is -2.38. The van der Waals surface area contributed by atoms with E-state index in [2.05, 4.69) is 20.9 Å². The highest BCUT2D eigenvalue weighted by molar-refractivity contribution is 14.0. The highest BCUT2D eigenvalue weighted by Gasteiger charge is 2.05. The van der Waals surface area contributed by atoms with Crippen molar-refractivity contribution in [3.05, 3.63) is 58.6 Å². The molecule has 0 bridgehead atoms. The number of rotatable bonds is 11. The summed E-state index contributed by atoms with van der Waals surface area (Å²) in [6.07, 6.45) is 0.760. The number of nitrogens with one attached hydrogen (secondary N) is 3. The van der Waals surface area contributed by atoms with E-state index in [1.54, 1.807) is 7.11 Å². The molecule has 0 spiro atoms. The molecule has 0 unspecified atom stereocenters. The maximum Gasteiger partial charge on any atom is 0.257 e. The van der Waals surface area contributed by atoms with E-state index in [1.807, 2.05) is 56.3 Å². The van der Waals surface area contributed by atoms with Crippen LogP contribution in [-0.2, 0) is 17.8 Å². The second kappa shape index (κ2) is 15.6. The standard InChI is InChI=1S/C23H31ClN4O3.HI/c1-4-25-22(29)16-31-20-8-6-7-17(13-20)15-28-23(26-5-2)27-12-11-18-9-10-19(30-3)14-21(18)24;/h6-10,13-14H,4-5,11-12,15-16H2,1-3H3,(H,25,29)(H2,26,27,28);1H. The van der Waals surface area contributed by atoms with Crippen LogP contribution in [0.25, 0.3) is 0 Å². The van der Waals surface area contributed by atoms with E-state index in [9.17, 15) is 4.79 Å². The van der Waals surface area contributed by atoms with E-state index in [0.717, 1.165) is 35.8 Å². The van der Waals surface area contributed by atoms with E-state index in [0.29, 0.717) is 30.4 Å². The molecule has 32 heavy (non-hydrogen) atoms. The van der Waals surface area contributed by atoms with Crippen molar-refractivity contribution in [2.24, 2.45) is 4.99 Å². The Kier molecular flexibility index (Phi) is 13.5. The average Bonchev–Trinajstić information content (AvgIpc) is 2.77. The summed E-state index contributed by atoms with van der Waals surface area (Å²) in [7, 11) is 1.62. The Labute approximate surface area is 212 Å². The van der Waals surface area contributed by atoms with Gasteiger partial charge in [-0.15, -0.1) is 24.0 Å². The molecule has 0 saturated heterocycles. The molecule has 0 aliphatic heterocycles. The van der Waals surface area contributed by atoms with Crippen molar-refractivity contribution in [3.8, 4) is 11.5 Å². The van der Waals surface area contributed by atoms with Crippen molar-refractivity contribution < 1.29 is 14.3 Å². The molecule has 0 atom stereocenters. The van der Waals surface area contributed by atoms with Crippen molar-refractivity contribution in [1.29, 1.82) is 0 Å². The summed E-state index contributed by atoms with van der Waals surface area (Å²) in [4.78, 5) is 16.2. The van der Waals surface area contributed by atoms with Gasteiger partial charge < -0.3 is 25.4 Å². The van der Waals surface area contributed by atoms with Gasteiger partial charge in [-0.2, -0.15) is 0 Å². The molecular weight excluding hydrogens is 543 g/mol. The molecule has 2 rings (SSSR count). The molecule has 0 aliphatic rings. The van der Waals surface area contributed by atoms with Crippen molar-refractivity contribution in [1.82, 2.24) is 16.0 Å². The number of methoxy groups -OCH3 is 1. The number of carbonyl (C=O) groups is 1. The number of halogens is 2. The van der Waals surface area contributed by atoms with E-state index in [-0.39, 0.29) is 36.5 Å². The van der Waals surface area contributed by atoms with Crippen LogP contribution in [-0.4, -0.2) is 45.2 Å². The maximum atomic E-state index is 11.6. The van der Waals surface area contributed by atoms with Crippen molar-refractivity contribution in [3.63, 3.8) is 0 Å². The van der Waals surface area contributed by atoms with Crippen LogP contribution in [0.1, 0.15) is 25.0 Å². The fourth-order valence-corrected chi connectivity index (χ4v) is 3.08. The fraction of sp³-hybridized carbons (Fsp3) is 0.391. The van der Waals surface area contributed by atoms with Gasteiger partial charge >= 0.3 is 0 Å². The van der Waals surface area contributed by atoms with Gasteiger partial charge in [-0.3, -0.25) is 4.79 Å². The number of nitrogens with zero attached hydrogens (tertiary/aromatic N) is 1. The van der Waals surface area contributed by atoms with Gasteiger partial charge in [0, 0.05) is 24.7 Å². The summed E-state index contributed by atoms with van der Waals surface area (Å²) < 4.78 is 10.7. The minimum Gasteiger partial charge on any atom is -0.497 e. The summed E-state index contributed by atoms with van der Waals surface area (Å²) >= 11 is 6.31. The van der Waals surface area contributed by atoms with E-state index < -0.39 is 0 Å². The van der Waals surface area contributed by atoms with Crippen molar-refractivity contribution in [2.45, 2.75) is 26.8 Å². The highest BCUT2D eigenvalue weighted by Crippen LogP contribution is 2.22. The summed E-state index contributed by atoms with van der Waals surface area (Å²) in [6, 6.07) is 13.3. The molecule has 3 N–H and O–H groups in total. The zero-order valence-electron chi connectivity index (χ0n) is 18.7. The summed E-state index contributed by atoms with van der Waals surface area (Å²) in [6.45, 7) is 6.40. The predicted octanol–water partition coefficient (Wildman–Crippen LogP) is 3.78. The number of hydrogen-bond donors (Lipinski definition) is 3. The first-order chi connectivity index (χ1) is 15.0. The minimum absolute atomic E-state index is 0. The third-order valence-corrected chi connectivity index (χ3v) is 4.71. The van der Waals surface area contributed by atoms with E-state index >= 15 is 0 Å². The average molecular weight is 575 g/mol. The summed E-state index contributed by atoms with van der Waals surface area (Å²) in [5.74, 6) is 1.97. The van der Waals surface area contributed by atoms with Gasteiger partial charge in [-0.25, -0.2) is 4.99 Å². The molecule has 9 heteroatoms. The first-order valence-electron chi connectivity index (χ1n) is 10.4. The topological polar surface area (TPSA) is 84.0 Å². The number of aliphatic imine (C=N–C) groups is 1. The molecule has 2 aromatic carbocycles. The Balaban J connectivity index is 0.00000512. The Bertz CT molecular complexity index is 880. The van der Waals surface area contributed by atoms with Crippen molar-refractivity contribution >= 4 is 47.4 Å². The molecule has 7 nitrogen and oxygen atoms in total. The van der Waals surface area contributed by atoms with Crippen LogP contribution in [0.4, 0.5) is 0 Å². The molecule has 176 valence electrons. The van der Waals surface area contributed by atoms with Gasteiger partial charge in [-0.05, 0) is 55.7 Å². The largest absolute Gasteiger partial charge is 0.497 e. The lowest BCUT2D eigenvalue weighted by atomic mass is 10.1. The predicted molar refractivity (Wildman–Crippen MR) is 141 cm³/mol. The Morgan fingerprint density at radius 2 is 1.81 bits per heavy atom. The van der Waals surface area contributed by atoms with Crippen LogP contribution in [0.2, 0.25) is 5.02 Å². The molecule has 0 aromatic heterocycles. The number of guanidine groups is 1. The fourth-order valence-electron chi connectivity index (χ4n) is 2.82. The molecule has 0 radical (unpaired) electrons. The van der Waals surface area contributed by atoms with Crippen LogP contribution < -0.4 is 25.4 Å². The summed E-state index contributed by atoms with van der Waals surface area (Å²) in [5, 5.41) is 9.97. The number of amides is 1. The molecule has 0 fully saturated rings. The monoisotopic (exact) mass is 574 g/mol. The van der Waals surface area contributed by atoms with Gasteiger partial charge in [-0.1, -0.05) is 29.8 Å². The molecule has 0 aliphatic carbocycles. The zero-order chi connectivity index (χ0) is 22.5.